The summed E-state index contributed by atoms with van der Waals surface area (Å²) in [7, 11) is 0.0751. The standard InChI is InChI=1S/C27H30Cl2N2O9S2/c1-5-39-21-7-6-20(15-22(21)37-4)31(2)42(34,35)23-16-24(29)41-25(23)26(32)30-19-13-17(12-18(28)14-19)27(33)40-11-10-38-9-8-36-3/h6-7,12-16H,5,8-11H2,1-4H3,(H,30,32). The van der Waals surface area contributed by atoms with E-state index < -0.39 is 21.9 Å². The highest BCUT2D eigenvalue weighted by Gasteiger charge is 2.30. The fourth-order valence-electron chi connectivity index (χ4n) is 3.60. The van der Waals surface area contributed by atoms with Crippen molar-refractivity contribution >= 4 is 67.8 Å². The van der Waals surface area contributed by atoms with E-state index >= 15 is 0 Å². The number of thiophene rings is 1. The van der Waals surface area contributed by atoms with Gasteiger partial charge in [0, 0.05) is 30.9 Å². The Kier molecular flexibility index (Phi) is 12.3. The van der Waals surface area contributed by atoms with Crippen LogP contribution in [0.15, 0.2) is 47.4 Å². The van der Waals surface area contributed by atoms with E-state index in [0.29, 0.717) is 31.3 Å². The van der Waals surface area contributed by atoms with Gasteiger partial charge in [-0.25, -0.2) is 13.2 Å². The molecule has 2 aromatic carbocycles. The van der Waals surface area contributed by atoms with Gasteiger partial charge in [0.2, 0.25) is 0 Å². The smallest absolute Gasteiger partial charge is 0.338 e. The lowest BCUT2D eigenvalue weighted by Gasteiger charge is -2.21. The molecule has 1 N–H and O–H groups in total. The van der Waals surface area contributed by atoms with Gasteiger partial charge in [-0.15, -0.1) is 11.3 Å². The van der Waals surface area contributed by atoms with Crippen LogP contribution in [0.2, 0.25) is 9.36 Å². The molecule has 0 saturated carbocycles. The predicted octanol–water partition coefficient (Wildman–Crippen LogP) is 5.36. The summed E-state index contributed by atoms with van der Waals surface area (Å²) >= 11 is 13.1. The molecule has 42 heavy (non-hydrogen) atoms. The Bertz CT molecular complexity index is 1510. The first-order chi connectivity index (χ1) is 20.0. The Hall–Kier alpha value is -3.07. The summed E-state index contributed by atoms with van der Waals surface area (Å²) in [6.45, 7) is 3.16. The number of carbonyl (C=O) groups excluding carboxylic acids is 2. The van der Waals surface area contributed by atoms with E-state index in [1.54, 1.807) is 19.2 Å². The van der Waals surface area contributed by atoms with E-state index in [0.717, 1.165) is 15.6 Å². The molecule has 0 saturated heterocycles. The third-order valence-corrected chi connectivity index (χ3v) is 9.03. The Labute approximate surface area is 258 Å². The van der Waals surface area contributed by atoms with Crippen LogP contribution in [-0.2, 0) is 24.2 Å². The highest BCUT2D eigenvalue weighted by atomic mass is 35.5. The molecule has 0 aliphatic heterocycles. The van der Waals surface area contributed by atoms with Crippen LogP contribution in [0.1, 0.15) is 27.0 Å². The molecule has 1 aromatic heterocycles. The van der Waals surface area contributed by atoms with Crippen molar-refractivity contribution in [2.45, 2.75) is 11.8 Å². The molecule has 228 valence electrons. The number of esters is 1. The summed E-state index contributed by atoms with van der Waals surface area (Å²) in [6, 6.07) is 10.0. The van der Waals surface area contributed by atoms with Crippen LogP contribution >= 0.6 is 34.5 Å². The van der Waals surface area contributed by atoms with E-state index in [1.165, 1.54) is 44.5 Å². The minimum atomic E-state index is -4.26. The van der Waals surface area contributed by atoms with Crippen LogP contribution < -0.4 is 19.1 Å². The first-order valence-electron chi connectivity index (χ1n) is 12.5. The number of methoxy groups -OCH3 is 2. The topological polar surface area (TPSA) is 130 Å². The first-order valence-corrected chi connectivity index (χ1v) is 15.5. The second kappa shape index (κ2) is 15.4. The van der Waals surface area contributed by atoms with Gasteiger partial charge in [-0.05, 0) is 43.3 Å². The zero-order valence-corrected chi connectivity index (χ0v) is 26.4. The van der Waals surface area contributed by atoms with Crippen molar-refractivity contribution in [1.29, 1.82) is 0 Å². The third-order valence-electron chi connectivity index (χ3n) is 5.61. The van der Waals surface area contributed by atoms with Crippen LogP contribution in [0.4, 0.5) is 11.4 Å². The molecular weight excluding hydrogens is 631 g/mol. The lowest BCUT2D eigenvalue weighted by atomic mass is 10.2. The predicted molar refractivity (Wildman–Crippen MR) is 161 cm³/mol. The number of halogens is 2. The number of anilines is 2. The van der Waals surface area contributed by atoms with Crippen molar-refractivity contribution in [1.82, 2.24) is 0 Å². The van der Waals surface area contributed by atoms with Gasteiger partial charge < -0.3 is 29.0 Å². The van der Waals surface area contributed by atoms with E-state index in [9.17, 15) is 18.0 Å². The summed E-state index contributed by atoms with van der Waals surface area (Å²) in [5.41, 5.74) is 0.496. The van der Waals surface area contributed by atoms with Crippen LogP contribution in [0.5, 0.6) is 11.5 Å². The Morgan fingerprint density at radius 1 is 0.976 bits per heavy atom. The molecule has 0 aliphatic rings. The molecule has 0 radical (unpaired) electrons. The normalized spacial score (nSPS) is 11.2. The fourth-order valence-corrected chi connectivity index (χ4v) is 6.71. The Morgan fingerprint density at radius 3 is 2.40 bits per heavy atom. The zero-order chi connectivity index (χ0) is 30.9. The Balaban J connectivity index is 1.80. The highest BCUT2D eigenvalue weighted by Crippen LogP contribution is 2.37. The molecule has 0 atom stereocenters. The molecule has 3 rings (SSSR count). The Morgan fingerprint density at radius 2 is 1.71 bits per heavy atom. The molecule has 1 amide bonds. The molecule has 3 aromatic rings. The summed E-state index contributed by atoms with van der Waals surface area (Å²) in [6.07, 6.45) is 0. The van der Waals surface area contributed by atoms with Crippen molar-refractivity contribution in [3.8, 4) is 11.5 Å². The monoisotopic (exact) mass is 660 g/mol. The molecular formula is C27H30Cl2N2O9S2. The minimum absolute atomic E-state index is 0.000581. The summed E-state index contributed by atoms with van der Waals surface area (Å²) in [4.78, 5) is 25.3. The van der Waals surface area contributed by atoms with Gasteiger partial charge in [-0.3, -0.25) is 9.10 Å². The van der Waals surface area contributed by atoms with Crippen molar-refractivity contribution in [3.05, 3.63) is 62.3 Å². The van der Waals surface area contributed by atoms with Gasteiger partial charge in [-0.1, -0.05) is 23.2 Å². The molecule has 15 heteroatoms. The number of hydrogen-bond acceptors (Lipinski definition) is 10. The fraction of sp³-hybridized carbons (Fsp3) is 0.333. The number of carbonyl (C=O) groups is 2. The van der Waals surface area contributed by atoms with Crippen LogP contribution in [-0.4, -0.2) is 74.6 Å². The van der Waals surface area contributed by atoms with Crippen LogP contribution in [0.25, 0.3) is 0 Å². The number of nitrogens with one attached hydrogen (secondary N) is 1. The van der Waals surface area contributed by atoms with Gasteiger partial charge in [0.05, 0.1) is 49.1 Å². The first kappa shape index (κ1) is 33.4. The van der Waals surface area contributed by atoms with Gasteiger partial charge in [-0.2, -0.15) is 0 Å². The highest BCUT2D eigenvalue weighted by molar-refractivity contribution is 7.93. The lowest BCUT2D eigenvalue weighted by molar-refractivity contribution is 0.0213. The van der Waals surface area contributed by atoms with E-state index in [2.05, 4.69) is 5.32 Å². The summed E-state index contributed by atoms with van der Waals surface area (Å²) in [5, 5.41) is 2.74. The summed E-state index contributed by atoms with van der Waals surface area (Å²) in [5.74, 6) is -0.658. The van der Waals surface area contributed by atoms with Gasteiger partial charge in [0.15, 0.2) is 11.5 Å². The van der Waals surface area contributed by atoms with Crippen molar-refractivity contribution in [2.24, 2.45) is 0 Å². The number of nitrogens with zero attached hydrogens (tertiary/aromatic N) is 1. The minimum Gasteiger partial charge on any atom is -0.493 e. The van der Waals surface area contributed by atoms with E-state index in [4.69, 9.17) is 46.9 Å². The second-order valence-corrected chi connectivity index (χ2v) is 12.5. The van der Waals surface area contributed by atoms with Gasteiger partial charge in [0.1, 0.15) is 16.4 Å². The van der Waals surface area contributed by atoms with Gasteiger partial charge in [0.25, 0.3) is 15.9 Å². The summed E-state index contributed by atoms with van der Waals surface area (Å²) < 4.78 is 54.5. The van der Waals surface area contributed by atoms with Crippen LogP contribution in [0, 0.1) is 0 Å². The number of benzene rings is 2. The number of ether oxygens (including phenoxy) is 5. The van der Waals surface area contributed by atoms with Crippen molar-refractivity contribution in [3.63, 3.8) is 0 Å². The lowest BCUT2D eigenvalue weighted by Crippen LogP contribution is -2.28. The number of sulfonamides is 1. The van der Waals surface area contributed by atoms with Crippen molar-refractivity contribution < 1.29 is 41.7 Å². The van der Waals surface area contributed by atoms with E-state index in [1.807, 2.05) is 6.92 Å². The average Bonchev–Trinajstić information content (AvgIpc) is 3.37. The maximum absolute atomic E-state index is 13.6. The van der Waals surface area contributed by atoms with E-state index in [-0.39, 0.29) is 49.3 Å². The zero-order valence-electron chi connectivity index (χ0n) is 23.3. The molecule has 11 nitrogen and oxygen atoms in total. The SMILES string of the molecule is CCOc1ccc(N(C)S(=O)(=O)c2cc(Cl)sc2C(=O)Nc2cc(Cl)cc(C(=O)OCCOCCOC)c2)cc1OC. The average molecular weight is 662 g/mol. The van der Waals surface area contributed by atoms with Crippen molar-refractivity contribution in [2.75, 3.05) is 63.9 Å². The number of hydrogen-bond donors (Lipinski definition) is 1. The maximum atomic E-state index is 13.6. The molecule has 0 fully saturated rings. The molecule has 0 bridgehead atoms. The molecule has 1 heterocycles. The third kappa shape index (κ3) is 8.49. The second-order valence-electron chi connectivity index (χ2n) is 8.41. The quantitative estimate of drug-likeness (QED) is 0.169. The number of amides is 1. The largest absolute Gasteiger partial charge is 0.493 e. The van der Waals surface area contributed by atoms with Gasteiger partial charge >= 0.3 is 5.97 Å². The molecule has 0 aliphatic carbocycles. The number of rotatable bonds is 15. The molecule has 0 spiro atoms. The van der Waals surface area contributed by atoms with Crippen LogP contribution in [0.3, 0.4) is 0 Å². The molecule has 0 unspecified atom stereocenters. The maximum Gasteiger partial charge on any atom is 0.338 e.